The molecule has 92 valence electrons. The number of hydrogen-bond acceptors (Lipinski definition) is 2. The van der Waals surface area contributed by atoms with Crippen LogP contribution in [0.2, 0.25) is 0 Å². The summed E-state index contributed by atoms with van der Waals surface area (Å²) < 4.78 is 1.17. The molecule has 1 atom stereocenters. The number of benzene rings is 1. The van der Waals surface area contributed by atoms with E-state index in [1.54, 1.807) is 0 Å². The summed E-state index contributed by atoms with van der Waals surface area (Å²) in [4.78, 5) is 14.1. The normalized spacial score (nSPS) is 20.1. The van der Waals surface area contributed by atoms with Crippen molar-refractivity contribution < 1.29 is 4.79 Å². The van der Waals surface area contributed by atoms with Crippen LogP contribution in [0.1, 0.15) is 18.9 Å². The third-order valence-corrected chi connectivity index (χ3v) is 3.79. The van der Waals surface area contributed by atoms with Gasteiger partial charge in [-0.05, 0) is 60.2 Å². The smallest absolute Gasteiger partial charge is 0.244 e. The Kier molecular flexibility index (Phi) is 4.04. The van der Waals surface area contributed by atoms with Gasteiger partial charge < -0.3 is 10.2 Å². The molecule has 1 aromatic rings. The maximum Gasteiger partial charge on any atom is 0.244 e. The fraction of sp³-hybridized carbons (Fsp3) is 0.462. The zero-order valence-corrected chi connectivity index (χ0v) is 12.3. The first-order valence-electron chi connectivity index (χ1n) is 5.94. The molecule has 0 saturated carbocycles. The second-order valence-electron chi connectivity index (χ2n) is 4.32. The number of halogens is 1. The number of aryl methyl sites for hydroxylation is 1. The van der Waals surface area contributed by atoms with Crippen molar-refractivity contribution in [2.24, 2.45) is 0 Å². The number of carbonyl (C=O) groups is 1. The number of rotatable bonds is 3. The number of hydrogen-bond donors (Lipinski definition) is 1. The standard InChI is InChI=1S/C13H17IN2O/c1-3-15-11-6-7-16(13(11)17)12-8-10(14)5-4-9(12)2/h4-5,8,11,15H,3,6-7H2,1-2H3. The Labute approximate surface area is 116 Å². The van der Waals surface area contributed by atoms with Crippen molar-refractivity contribution in [3.63, 3.8) is 0 Å². The van der Waals surface area contributed by atoms with Crippen molar-refractivity contribution in [2.75, 3.05) is 18.0 Å². The lowest BCUT2D eigenvalue weighted by Gasteiger charge is -2.19. The molecule has 4 heteroatoms. The largest absolute Gasteiger partial charge is 0.311 e. The van der Waals surface area contributed by atoms with E-state index in [-0.39, 0.29) is 11.9 Å². The second kappa shape index (κ2) is 5.35. The summed E-state index contributed by atoms with van der Waals surface area (Å²) in [7, 11) is 0. The van der Waals surface area contributed by atoms with Gasteiger partial charge in [0.15, 0.2) is 0 Å². The van der Waals surface area contributed by atoms with Gasteiger partial charge in [-0.15, -0.1) is 0 Å². The summed E-state index contributed by atoms with van der Waals surface area (Å²) in [5.74, 6) is 0.206. The molecule has 1 aliphatic heterocycles. The summed E-state index contributed by atoms with van der Waals surface area (Å²) in [5.41, 5.74) is 2.22. The van der Waals surface area contributed by atoms with Crippen LogP contribution in [0.5, 0.6) is 0 Å². The van der Waals surface area contributed by atoms with E-state index < -0.39 is 0 Å². The van der Waals surface area contributed by atoms with E-state index in [1.165, 1.54) is 3.57 Å². The zero-order valence-electron chi connectivity index (χ0n) is 10.2. The topological polar surface area (TPSA) is 32.3 Å². The minimum absolute atomic E-state index is 0.00253. The summed E-state index contributed by atoms with van der Waals surface area (Å²) in [6.45, 7) is 5.75. The highest BCUT2D eigenvalue weighted by Crippen LogP contribution is 2.26. The molecule has 1 saturated heterocycles. The Morgan fingerprint density at radius 2 is 2.29 bits per heavy atom. The number of nitrogens with zero attached hydrogens (tertiary/aromatic N) is 1. The monoisotopic (exact) mass is 344 g/mol. The van der Waals surface area contributed by atoms with Gasteiger partial charge in [0.2, 0.25) is 5.91 Å². The highest BCUT2D eigenvalue weighted by Gasteiger charge is 2.32. The van der Waals surface area contributed by atoms with Gasteiger partial charge in [0, 0.05) is 15.8 Å². The third-order valence-electron chi connectivity index (χ3n) is 3.12. The van der Waals surface area contributed by atoms with E-state index in [2.05, 4.69) is 53.0 Å². The molecule has 0 spiro atoms. The Morgan fingerprint density at radius 1 is 1.53 bits per heavy atom. The Hall–Kier alpha value is -0.620. The van der Waals surface area contributed by atoms with Gasteiger partial charge in [-0.3, -0.25) is 4.79 Å². The summed E-state index contributed by atoms with van der Waals surface area (Å²) in [6.07, 6.45) is 0.900. The molecule has 2 rings (SSSR count). The van der Waals surface area contributed by atoms with Crippen LogP contribution >= 0.6 is 22.6 Å². The first-order valence-corrected chi connectivity index (χ1v) is 7.02. The van der Waals surface area contributed by atoms with Crippen molar-refractivity contribution >= 4 is 34.2 Å². The van der Waals surface area contributed by atoms with Gasteiger partial charge in [0.05, 0.1) is 6.04 Å². The number of anilines is 1. The molecule has 3 nitrogen and oxygen atoms in total. The maximum atomic E-state index is 12.2. The predicted octanol–water partition coefficient (Wildman–Crippen LogP) is 2.31. The lowest BCUT2D eigenvalue weighted by Crippen LogP contribution is -2.38. The van der Waals surface area contributed by atoms with E-state index >= 15 is 0 Å². The minimum Gasteiger partial charge on any atom is -0.311 e. The van der Waals surface area contributed by atoms with Gasteiger partial charge in [-0.1, -0.05) is 13.0 Å². The Morgan fingerprint density at radius 3 is 3.00 bits per heavy atom. The number of amides is 1. The van der Waals surface area contributed by atoms with Crippen LogP contribution in [0.4, 0.5) is 5.69 Å². The number of carbonyl (C=O) groups excluding carboxylic acids is 1. The zero-order chi connectivity index (χ0) is 12.4. The van der Waals surface area contributed by atoms with E-state index in [9.17, 15) is 4.79 Å². The molecule has 1 unspecified atom stereocenters. The molecule has 1 heterocycles. The fourth-order valence-corrected chi connectivity index (χ4v) is 2.70. The molecule has 0 aliphatic carbocycles. The van der Waals surface area contributed by atoms with E-state index in [4.69, 9.17) is 0 Å². The molecule has 1 amide bonds. The van der Waals surface area contributed by atoms with Crippen molar-refractivity contribution in [2.45, 2.75) is 26.3 Å². The average Bonchev–Trinajstić information content (AvgIpc) is 2.65. The summed E-state index contributed by atoms with van der Waals surface area (Å²) >= 11 is 2.28. The second-order valence-corrected chi connectivity index (χ2v) is 5.57. The predicted molar refractivity (Wildman–Crippen MR) is 78.3 cm³/mol. The molecular formula is C13H17IN2O. The third kappa shape index (κ3) is 2.63. The highest BCUT2D eigenvalue weighted by molar-refractivity contribution is 14.1. The van der Waals surface area contributed by atoms with E-state index in [0.29, 0.717) is 0 Å². The molecule has 1 aromatic carbocycles. The van der Waals surface area contributed by atoms with Crippen molar-refractivity contribution in [3.8, 4) is 0 Å². The van der Waals surface area contributed by atoms with Gasteiger partial charge in [-0.2, -0.15) is 0 Å². The van der Waals surface area contributed by atoms with E-state index in [0.717, 1.165) is 30.8 Å². The molecule has 17 heavy (non-hydrogen) atoms. The number of nitrogens with one attached hydrogen (secondary N) is 1. The quantitative estimate of drug-likeness (QED) is 0.854. The SMILES string of the molecule is CCNC1CCN(c2cc(I)ccc2C)C1=O. The van der Waals surface area contributed by atoms with Crippen LogP contribution in [0.15, 0.2) is 18.2 Å². The average molecular weight is 344 g/mol. The van der Waals surface area contributed by atoms with Crippen LogP contribution in [-0.2, 0) is 4.79 Å². The van der Waals surface area contributed by atoms with Gasteiger partial charge >= 0.3 is 0 Å². The Bertz CT molecular complexity index is 433. The molecule has 0 radical (unpaired) electrons. The first kappa shape index (κ1) is 12.8. The molecule has 1 aliphatic rings. The van der Waals surface area contributed by atoms with E-state index in [1.807, 2.05) is 11.8 Å². The van der Waals surface area contributed by atoms with Crippen LogP contribution in [0, 0.1) is 10.5 Å². The van der Waals surface area contributed by atoms with Crippen LogP contribution < -0.4 is 10.2 Å². The van der Waals surface area contributed by atoms with Gasteiger partial charge in [0.1, 0.15) is 0 Å². The van der Waals surface area contributed by atoms with Crippen LogP contribution in [0.3, 0.4) is 0 Å². The lowest BCUT2D eigenvalue weighted by atomic mass is 10.2. The maximum absolute atomic E-state index is 12.2. The molecule has 1 N–H and O–H groups in total. The molecule has 1 fully saturated rings. The van der Waals surface area contributed by atoms with Crippen molar-refractivity contribution in [1.82, 2.24) is 5.32 Å². The van der Waals surface area contributed by atoms with Gasteiger partial charge in [-0.25, -0.2) is 0 Å². The molecular weight excluding hydrogens is 327 g/mol. The highest BCUT2D eigenvalue weighted by atomic mass is 127. The fourth-order valence-electron chi connectivity index (χ4n) is 2.23. The van der Waals surface area contributed by atoms with Crippen LogP contribution in [0.25, 0.3) is 0 Å². The number of likely N-dealkylation sites (N-methyl/N-ethyl adjacent to an activating group) is 1. The van der Waals surface area contributed by atoms with Crippen molar-refractivity contribution in [1.29, 1.82) is 0 Å². The summed E-state index contributed by atoms with van der Waals surface area (Å²) in [5, 5.41) is 3.23. The first-order chi connectivity index (χ1) is 8.13. The summed E-state index contributed by atoms with van der Waals surface area (Å²) in [6, 6.07) is 6.23. The minimum atomic E-state index is -0.00253. The van der Waals surface area contributed by atoms with Gasteiger partial charge in [0.25, 0.3) is 0 Å². The lowest BCUT2D eigenvalue weighted by molar-refractivity contribution is -0.118. The van der Waals surface area contributed by atoms with Crippen LogP contribution in [-0.4, -0.2) is 25.0 Å². The Balaban J connectivity index is 2.24. The van der Waals surface area contributed by atoms with Crippen molar-refractivity contribution in [3.05, 3.63) is 27.3 Å². The molecule has 0 bridgehead atoms. The molecule has 0 aromatic heterocycles.